The Morgan fingerprint density at radius 3 is 1.59 bits per heavy atom. The minimum absolute atomic E-state index is 0. The van der Waals surface area contributed by atoms with Gasteiger partial charge in [0.25, 0.3) is 0 Å². The van der Waals surface area contributed by atoms with E-state index in [1.54, 1.807) is 39.6 Å². The maximum atomic E-state index is 13.6. The molecular formula is C16H33ClF2O4P2W2Y2. The third-order valence-electron chi connectivity index (χ3n) is 4.42. The van der Waals surface area contributed by atoms with Crippen molar-refractivity contribution in [3.8, 4) is 0 Å². The molecule has 1 N–H and O–H groups in total. The molecule has 0 aromatic rings. The summed E-state index contributed by atoms with van der Waals surface area (Å²) in [4.78, 5) is -0.324. The first-order chi connectivity index (χ1) is 12.2. The molecule has 4 nitrogen and oxygen atoms in total. The van der Waals surface area contributed by atoms with Gasteiger partial charge in [0, 0.05) is 71.8 Å². The Morgan fingerprint density at radius 1 is 1.03 bits per heavy atom. The molecule has 0 aromatic carbocycles. The maximum Gasteiger partial charge on any atom is 0 e. The first-order valence-corrected chi connectivity index (χ1v) is 22.3. The predicted molar refractivity (Wildman–Crippen MR) is 104 cm³/mol. The zero-order valence-corrected chi connectivity index (χ0v) is 32.2. The fraction of sp³-hybridized carbons (Fsp3) is 1.00. The zero-order valence-electron chi connectivity index (χ0n) is 17.9. The van der Waals surface area contributed by atoms with E-state index in [1.165, 1.54) is 25.7 Å². The molecule has 0 spiro atoms. The van der Waals surface area contributed by atoms with Crippen molar-refractivity contribution < 1.29 is 131 Å². The third-order valence-corrected chi connectivity index (χ3v) is 6.26. The van der Waals surface area contributed by atoms with Crippen LogP contribution in [0.5, 0.6) is 0 Å². The van der Waals surface area contributed by atoms with Crippen LogP contribution >= 0.6 is 21.9 Å². The number of rotatable bonds is 4. The quantitative estimate of drug-likeness (QED) is 0.424. The number of aliphatic hydroxyl groups excluding tert-OH is 1. The largest absolute Gasteiger partial charge is 0 e. The van der Waals surface area contributed by atoms with Gasteiger partial charge in [-0.15, -0.1) is 0 Å². The van der Waals surface area contributed by atoms with Crippen LogP contribution in [0.2, 0.25) is 0 Å². The van der Waals surface area contributed by atoms with E-state index >= 15 is 0 Å². The molecule has 2 unspecified atom stereocenters. The van der Waals surface area contributed by atoms with E-state index < -0.39 is 17.1 Å². The third kappa shape index (κ3) is 17.5. The number of hydrogen-bond donors (Lipinski definition) is 1. The number of hydrogen-bond acceptors (Lipinski definition) is 4. The molecule has 8 atom stereocenters. The second kappa shape index (κ2) is 18.7. The Hall–Kier alpha value is 4.43. The minimum Gasteiger partial charge on any atom is 0 e. The van der Waals surface area contributed by atoms with Gasteiger partial charge < -0.3 is 9.84 Å². The van der Waals surface area contributed by atoms with Crippen LogP contribution in [0.15, 0.2) is 0 Å². The van der Waals surface area contributed by atoms with Crippen LogP contribution < -0.4 is 0 Å². The average molecular weight is 970 g/mol. The van der Waals surface area contributed by atoms with Gasteiger partial charge in [0.1, 0.15) is 5.67 Å². The van der Waals surface area contributed by atoms with E-state index in [0.29, 0.717) is 19.4 Å². The molecule has 0 aliphatic carbocycles. The van der Waals surface area contributed by atoms with Crippen LogP contribution in [0, 0.1) is 0 Å². The summed E-state index contributed by atoms with van der Waals surface area (Å²) < 4.78 is 42.9. The maximum absolute atomic E-state index is 13.6. The zero-order chi connectivity index (χ0) is 21.4. The van der Waals surface area contributed by atoms with E-state index in [-0.39, 0.29) is 101 Å². The van der Waals surface area contributed by atoms with Gasteiger partial charge in [0.2, 0.25) is 0 Å². The van der Waals surface area contributed by atoms with Crippen LogP contribution in [0.3, 0.4) is 0 Å². The van der Waals surface area contributed by atoms with Gasteiger partial charge in [0.05, 0.1) is 18.8 Å². The van der Waals surface area contributed by atoms with Crippen molar-refractivity contribution in [3.05, 3.63) is 0 Å². The Kier molecular flexibility index (Phi) is 24.4. The van der Waals surface area contributed by atoms with Crippen molar-refractivity contribution in [1.29, 1.82) is 0 Å². The molecule has 13 heteroatoms. The van der Waals surface area contributed by atoms with Crippen molar-refractivity contribution in [2.24, 2.45) is 0 Å². The molecule has 0 saturated carbocycles. The fourth-order valence-electron chi connectivity index (χ4n) is 2.60. The number of aliphatic hydroxyl groups is 1. The van der Waals surface area contributed by atoms with E-state index in [2.05, 4.69) is 13.3 Å². The summed E-state index contributed by atoms with van der Waals surface area (Å²) in [5.41, 5.74) is -2.43. The molecule has 2 rings (SSSR count). The summed E-state index contributed by atoms with van der Waals surface area (Å²) in [6.45, 7) is 11.3. The van der Waals surface area contributed by atoms with Gasteiger partial charge in [-0.2, -0.15) is 0 Å². The molecule has 2 heterocycles. The fourth-order valence-corrected chi connectivity index (χ4v) is 3.75. The van der Waals surface area contributed by atoms with Crippen LogP contribution in [-0.4, -0.2) is 67.4 Å². The summed E-state index contributed by atoms with van der Waals surface area (Å²) >= 11 is 8.45. The molecular weight excluding hydrogens is 937 g/mol. The molecule has 29 heavy (non-hydrogen) atoms. The summed E-state index contributed by atoms with van der Waals surface area (Å²) in [6.07, 6.45) is -0.236. The molecule has 2 radical (unpaired) electrons. The first kappa shape index (κ1) is 38.0. The predicted octanol–water partition coefficient (Wildman–Crippen LogP) is 4.45. The van der Waals surface area contributed by atoms with Crippen molar-refractivity contribution in [2.45, 2.75) is 76.3 Å². The van der Waals surface area contributed by atoms with E-state index in [0.717, 1.165) is 0 Å². The molecule has 0 amide bonds. The van der Waals surface area contributed by atoms with Crippen LogP contribution in [0.1, 0.15) is 40.5 Å². The minimum atomic E-state index is -1.26. The van der Waals surface area contributed by atoms with Gasteiger partial charge >= 0.3 is 131 Å². The molecule has 2 fully saturated rings. The molecule has 2 aliphatic rings. The number of ether oxygens (including phenoxy) is 2. The Balaban J connectivity index is -0.000000379. The van der Waals surface area contributed by atoms with E-state index in [4.69, 9.17) is 30.3 Å². The molecule has 2 aliphatic heterocycles. The van der Waals surface area contributed by atoms with Crippen molar-refractivity contribution in [3.63, 3.8) is 0 Å². The average Bonchev–Trinajstić information content (AvgIpc) is 2.92. The Labute approximate surface area is 252 Å². The molecule has 2 saturated heterocycles. The van der Waals surface area contributed by atoms with Crippen LogP contribution in [-0.2, 0) is 117 Å². The normalized spacial score (nSPS) is 37.6. The van der Waals surface area contributed by atoms with Crippen molar-refractivity contribution in [1.82, 2.24) is 0 Å². The number of alkyl halides is 2. The van der Waals surface area contributed by atoms with Crippen LogP contribution in [0.4, 0.5) is 8.78 Å². The summed E-state index contributed by atoms with van der Waals surface area (Å²) in [5.74, 6) is -0.595. The standard InChI is InChI=1S/C8H16FO2P.C7H13FO2.CH4ClP.2W.2Y/c1-6-8(2,9)4-7(11-6)5-10-12-3;1-5-7(2,8)3-6(4-9)10-5;1-3-2;;;;/h6-7,12H,4-5H2,1-3H3;5-6,9H,3-4H2,1-2H3;3H,1H3;;;;/t6-,7-,8+;5-,6-,7+;;;;;/m00...../s1. The SMILES string of the molecule is C[C@@H]1O[C@H](CO)C[C@@]1(C)F.C[C@@H]1O[C@H](CO[PH](C)=[W])C[C@@]1(C)F.C[PH](Cl)=[W].[Y].[Y]. The van der Waals surface area contributed by atoms with E-state index in [1.807, 2.05) is 0 Å². The molecule has 170 valence electrons. The number of halogens is 3. The van der Waals surface area contributed by atoms with E-state index in [9.17, 15) is 8.78 Å². The van der Waals surface area contributed by atoms with Crippen molar-refractivity contribution in [2.75, 3.05) is 26.5 Å². The van der Waals surface area contributed by atoms with Gasteiger partial charge in [-0.3, -0.25) is 0 Å². The second-order valence-electron chi connectivity index (χ2n) is 7.22. The Bertz CT molecular complexity index is 508. The Morgan fingerprint density at radius 2 is 1.38 bits per heavy atom. The van der Waals surface area contributed by atoms with Crippen molar-refractivity contribution >= 4 is 21.9 Å². The van der Waals surface area contributed by atoms with Gasteiger partial charge in [-0.05, 0) is 13.8 Å². The molecule has 0 bridgehead atoms. The van der Waals surface area contributed by atoms with Crippen LogP contribution in [0.25, 0.3) is 0 Å². The smallest absolute Gasteiger partial charge is 0 e. The van der Waals surface area contributed by atoms with Gasteiger partial charge in [-0.1, -0.05) is 0 Å². The summed E-state index contributed by atoms with van der Waals surface area (Å²) in [6, 6.07) is 0. The molecule has 0 aromatic heterocycles. The summed E-state index contributed by atoms with van der Waals surface area (Å²) in [5, 5.41) is 8.62. The second-order valence-corrected chi connectivity index (χ2v) is 26.6. The topological polar surface area (TPSA) is 47.9 Å². The van der Waals surface area contributed by atoms with Gasteiger partial charge in [0.15, 0.2) is 0 Å². The van der Waals surface area contributed by atoms with Gasteiger partial charge in [-0.25, -0.2) is 4.39 Å². The monoisotopic (exact) mass is 970 g/mol. The summed E-state index contributed by atoms with van der Waals surface area (Å²) in [7, 11) is 0. The first-order valence-electron chi connectivity index (χ1n) is 8.80.